The lowest BCUT2D eigenvalue weighted by Gasteiger charge is -2.20. The van der Waals surface area contributed by atoms with Crippen molar-refractivity contribution < 1.29 is 9.53 Å². The highest BCUT2D eigenvalue weighted by atomic mass is 16.6. The molecule has 0 saturated carbocycles. The predicted octanol–water partition coefficient (Wildman–Crippen LogP) is 1.31. The van der Waals surface area contributed by atoms with Gasteiger partial charge < -0.3 is 4.74 Å². The first-order chi connectivity index (χ1) is 4.33. The zero-order valence-electron chi connectivity index (χ0n) is 6.97. The second-order valence-corrected chi connectivity index (χ2v) is 3.32. The van der Waals surface area contributed by atoms with E-state index in [0.29, 0.717) is 0 Å². The highest BCUT2D eigenvalue weighted by molar-refractivity contribution is 6.22. The van der Waals surface area contributed by atoms with Gasteiger partial charge in [0.15, 0.2) is 0 Å². The van der Waals surface area contributed by atoms with Crippen LogP contribution in [0.2, 0.25) is 5.82 Å². The Bertz CT molecular complexity index is 124. The first kappa shape index (κ1) is 9.53. The van der Waals surface area contributed by atoms with Crippen LogP contribution in [0.5, 0.6) is 0 Å². The van der Waals surface area contributed by atoms with Crippen LogP contribution in [0.3, 0.4) is 0 Å². The summed E-state index contributed by atoms with van der Waals surface area (Å²) in [7, 11) is 5.27. The molecule has 0 bridgehead atoms. The van der Waals surface area contributed by atoms with E-state index in [1.807, 2.05) is 20.8 Å². The van der Waals surface area contributed by atoms with Crippen molar-refractivity contribution in [2.24, 2.45) is 0 Å². The van der Waals surface area contributed by atoms with E-state index in [1.54, 1.807) is 6.92 Å². The second kappa shape index (κ2) is 3.08. The van der Waals surface area contributed by atoms with Crippen LogP contribution in [0, 0.1) is 0 Å². The first-order valence-electron chi connectivity index (χ1n) is 3.31. The van der Waals surface area contributed by atoms with Crippen LogP contribution in [0.1, 0.15) is 27.7 Å². The number of hydrogen-bond acceptors (Lipinski definition) is 2. The Kier molecular flexibility index (Phi) is 2.94. The number of carbonyl (C=O) groups excluding carboxylic acids is 1. The highest BCUT2D eigenvalue weighted by Crippen LogP contribution is 2.11. The molecule has 0 aliphatic carbocycles. The van der Waals surface area contributed by atoms with Crippen molar-refractivity contribution in [3.8, 4) is 0 Å². The molecule has 0 aliphatic heterocycles. The fourth-order valence-electron chi connectivity index (χ4n) is 0.395. The van der Waals surface area contributed by atoms with E-state index >= 15 is 0 Å². The predicted molar refractivity (Wildman–Crippen MR) is 41.0 cm³/mol. The Hall–Kier alpha value is -0.465. The molecule has 0 aromatic rings. The van der Waals surface area contributed by atoms with Crippen molar-refractivity contribution in [3.63, 3.8) is 0 Å². The standard InChI is InChI=1S/C7H13BO2/c1-5(8)6(9)10-7(2,3)4/h5H,1-4H3. The molecule has 56 valence electrons. The maximum absolute atomic E-state index is 10.8. The first-order valence-corrected chi connectivity index (χ1v) is 3.31. The molecule has 0 N–H and O–H groups in total. The van der Waals surface area contributed by atoms with Crippen molar-refractivity contribution in [3.05, 3.63) is 0 Å². The van der Waals surface area contributed by atoms with E-state index in [-0.39, 0.29) is 5.97 Å². The van der Waals surface area contributed by atoms with Crippen LogP contribution in [0.15, 0.2) is 0 Å². The second-order valence-electron chi connectivity index (χ2n) is 3.32. The molecule has 0 aliphatic rings. The third-order valence-electron chi connectivity index (χ3n) is 0.779. The van der Waals surface area contributed by atoms with Gasteiger partial charge in [-0.2, -0.15) is 0 Å². The monoisotopic (exact) mass is 140 g/mol. The topological polar surface area (TPSA) is 26.3 Å². The number of carbonyl (C=O) groups is 1. The summed E-state index contributed by atoms with van der Waals surface area (Å²) >= 11 is 0. The van der Waals surface area contributed by atoms with Crippen molar-refractivity contribution in [1.82, 2.24) is 0 Å². The molecule has 3 heteroatoms. The van der Waals surface area contributed by atoms with Gasteiger partial charge in [0.25, 0.3) is 5.97 Å². The maximum Gasteiger partial charge on any atom is 0.300 e. The van der Waals surface area contributed by atoms with E-state index < -0.39 is 11.4 Å². The summed E-state index contributed by atoms with van der Waals surface area (Å²) in [5.41, 5.74) is -0.426. The van der Waals surface area contributed by atoms with Crippen LogP contribution in [-0.4, -0.2) is 19.4 Å². The molecule has 1 unspecified atom stereocenters. The van der Waals surface area contributed by atoms with E-state index in [0.717, 1.165) is 0 Å². The average Bonchev–Trinajstić information content (AvgIpc) is 1.60. The van der Waals surface area contributed by atoms with E-state index in [1.165, 1.54) is 0 Å². The molecule has 0 spiro atoms. The Morgan fingerprint density at radius 2 is 1.90 bits per heavy atom. The third-order valence-corrected chi connectivity index (χ3v) is 0.779. The zero-order chi connectivity index (χ0) is 8.36. The van der Waals surface area contributed by atoms with Crippen molar-refractivity contribution in [2.75, 3.05) is 0 Å². The minimum absolute atomic E-state index is 0.354. The average molecular weight is 140 g/mol. The van der Waals surface area contributed by atoms with E-state index in [2.05, 4.69) is 0 Å². The van der Waals surface area contributed by atoms with Gasteiger partial charge in [-0.1, -0.05) is 6.92 Å². The molecule has 10 heavy (non-hydrogen) atoms. The van der Waals surface area contributed by atoms with Crippen LogP contribution >= 0.6 is 0 Å². The van der Waals surface area contributed by atoms with Gasteiger partial charge in [0.1, 0.15) is 5.60 Å². The maximum atomic E-state index is 10.8. The molecular formula is C7H13BO2. The van der Waals surface area contributed by atoms with E-state index in [4.69, 9.17) is 12.6 Å². The quantitative estimate of drug-likeness (QED) is 0.405. The van der Waals surface area contributed by atoms with E-state index in [9.17, 15) is 4.79 Å². The van der Waals surface area contributed by atoms with Crippen molar-refractivity contribution in [2.45, 2.75) is 39.1 Å². The molecule has 0 heterocycles. The van der Waals surface area contributed by atoms with Gasteiger partial charge in [0.05, 0.1) is 7.85 Å². The molecule has 2 nitrogen and oxygen atoms in total. The summed E-state index contributed by atoms with van der Waals surface area (Å²) in [6.07, 6.45) is 0. The smallest absolute Gasteiger partial charge is 0.300 e. The Balaban J connectivity index is 3.81. The molecule has 0 amide bonds. The Labute approximate surface area is 63.4 Å². The number of hydrogen-bond donors (Lipinski definition) is 0. The van der Waals surface area contributed by atoms with Gasteiger partial charge >= 0.3 is 0 Å². The van der Waals surface area contributed by atoms with Crippen LogP contribution in [0.4, 0.5) is 0 Å². The molecular weight excluding hydrogens is 127 g/mol. The molecule has 2 radical (unpaired) electrons. The summed E-state index contributed by atoms with van der Waals surface area (Å²) in [6.45, 7) is 7.04. The molecule has 0 aromatic heterocycles. The number of esters is 1. The minimum atomic E-state index is -0.528. The van der Waals surface area contributed by atoms with Gasteiger partial charge in [0, 0.05) is 5.82 Å². The Morgan fingerprint density at radius 1 is 1.50 bits per heavy atom. The fourth-order valence-corrected chi connectivity index (χ4v) is 0.395. The zero-order valence-corrected chi connectivity index (χ0v) is 6.97. The van der Waals surface area contributed by atoms with Gasteiger partial charge in [-0.25, -0.2) is 0 Å². The third kappa shape index (κ3) is 4.42. The molecule has 0 rings (SSSR count). The summed E-state index contributed by atoms with van der Waals surface area (Å²) in [5, 5.41) is 0. The summed E-state index contributed by atoms with van der Waals surface area (Å²) in [5.74, 6) is -0.883. The summed E-state index contributed by atoms with van der Waals surface area (Å²) in [4.78, 5) is 10.8. The molecule has 1 atom stereocenters. The van der Waals surface area contributed by atoms with Crippen molar-refractivity contribution in [1.29, 1.82) is 0 Å². The van der Waals surface area contributed by atoms with Gasteiger partial charge in [0.2, 0.25) is 0 Å². The normalized spacial score (nSPS) is 14.4. The number of ether oxygens (including phenoxy) is 1. The highest BCUT2D eigenvalue weighted by Gasteiger charge is 2.17. The van der Waals surface area contributed by atoms with Crippen molar-refractivity contribution >= 4 is 13.8 Å². The fraction of sp³-hybridized carbons (Fsp3) is 0.857. The number of rotatable bonds is 1. The molecule has 0 fully saturated rings. The summed E-state index contributed by atoms with van der Waals surface area (Å²) in [6, 6.07) is 0. The lowest BCUT2D eigenvalue weighted by Crippen LogP contribution is -2.25. The van der Waals surface area contributed by atoms with Gasteiger partial charge in [-0.3, -0.25) is 4.79 Å². The van der Waals surface area contributed by atoms with Crippen LogP contribution in [-0.2, 0) is 9.53 Å². The lowest BCUT2D eigenvalue weighted by atomic mass is 9.90. The lowest BCUT2D eigenvalue weighted by molar-refractivity contribution is -0.154. The molecule has 0 saturated heterocycles. The van der Waals surface area contributed by atoms with Gasteiger partial charge in [-0.15, -0.1) is 0 Å². The Morgan fingerprint density at radius 3 is 2.00 bits per heavy atom. The minimum Gasteiger partial charge on any atom is -0.460 e. The van der Waals surface area contributed by atoms with Gasteiger partial charge in [-0.05, 0) is 20.8 Å². The molecule has 0 aromatic carbocycles. The van der Waals surface area contributed by atoms with Crippen LogP contribution in [0.25, 0.3) is 0 Å². The van der Waals surface area contributed by atoms with Crippen LogP contribution < -0.4 is 0 Å². The SMILES string of the molecule is [B]C(C)C(=O)OC(C)(C)C. The summed E-state index contributed by atoms with van der Waals surface area (Å²) < 4.78 is 4.94. The largest absolute Gasteiger partial charge is 0.460 e.